The molecular weight excluding hydrogens is 575 g/mol. The van der Waals surface area contributed by atoms with Gasteiger partial charge in [0.1, 0.15) is 12.4 Å². The number of likely N-dealkylation sites (N-methyl/N-ethyl adjacent to an activating group) is 1. The Bertz CT molecular complexity index is 1380. The normalized spacial score (nSPS) is 15.8. The standard InChI is InChI=1S/C25H17BrCl2N2O4S/c1-30-23(31)22(35-25(30)29-18-7-4-15(5-8-18)24(32)33)11-14-2-9-21(19(26)10-14)34-13-16-3-6-17(27)12-20(16)28/h2-12H,13H2,1H3,(H,32,33). The number of thioether (sulfide) groups is 1. The van der Waals surface area contributed by atoms with Crippen molar-refractivity contribution in [3.8, 4) is 5.75 Å². The smallest absolute Gasteiger partial charge is 0.335 e. The molecule has 1 saturated heterocycles. The maximum absolute atomic E-state index is 12.7. The van der Waals surface area contributed by atoms with Crippen molar-refractivity contribution in [2.45, 2.75) is 6.61 Å². The van der Waals surface area contributed by atoms with Crippen LogP contribution >= 0.6 is 50.9 Å². The molecule has 0 bridgehead atoms. The van der Waals surface area contributed by atoms with Crippen LogP contribution in [0.25, 0.3) is 6.08 Å². The number of halogens is 3. The number of carbonyl (C=O) groups excluding carboxylic acids is 1. The highest BCUT2D eigenvalue weighted by Crippen LogP contribution is 2.35. The molecule has 1 amide bonds. The second-order valence-corrected chi connectivity index (χ2v) is 10.1. The molecule has 0 aromatic heterocycles. The summed E-state index contributed by atoms with van der Waals surface area (Å²) in [7, 11) is 1.65. The average Bonchev–Trinajstić information content (AvgIpc) is 3.07. The number of hydrogen-bond donors (Lipinski definition) is 1. The van der Waals surface area contributed by atoms with Crippen molar-refractivity contribution in [3.63, 3.8) is 0 Å². The number of aromatic carboxylic acids is 1. The van der Waals surface area contributed by atoms with Crippen molar-refractivity contribution >= 4 is 79.7 Å². The molecule has 1 N–H and O–H groups in total. The molecule has 0 radical (unpaired) electrons. The zero-order valence-corrected chi connectivity index (χ0v) is 22.1. The van der Waals surface area contributed by atoms with Gasteiger partial charge in [0.15, 0.2) is 5.17 Å². The minimum atomic E-state index is -1.01. The van der Waals surface area contributed by atoms with E-state index < -0.39 is 5.97 Å². The van der Waals surface area contributed by atoms with Gasteiger partial charge >= 0.3 is 5.97 Å². The Kier molecular flexibility index (Phi) is 7.86. The van der Waals surface area contributed by atoms with E-state index in [1.54, 1.807) is 37.4 Å². The van der Waals surface area contributed by atoms with Gasteiger partial charge in [0.05, 0.1) is 20.6 Å². The van der Waals surface area contributed by atoms with Gasteiger partial charge in [0, 0.05) is 22.7 Å². The second kappa shape index (κ2) is 10.9. The fourth-order valence-corrected chi connectivity index (χ4v) is 5.07. The molecule has 0 aliphatic carbocycles. The number of rotatable bonds is 6. The van der Waals surface area contributed by atoms with Crippen LogP contribution in [0, 0.1) is 0 Å². The number of amides is 1. The number of nitrogens with zero attached hydrogens (tertiary/aromatic N) is 2. The molecule has 0 spiro atoms. The monoisotopic (exact) mass is 590 g/mol. The Hall–Kier alpha value is -2.78. The van der Waals surface area contributed by atoms with Crippen LogP contribution in [0.2, 0.25) is 10.0 Å². The third kappa shape index (κ3) is 6.08. The Balaban J connectivity index is 1.48. The van der Waals surface area contributed by atoms with Gasteiger partial charge in [0.2, 0.25) is 0 Å². The predicted octanol–water partition coefficient (Wildman–Crippen LogP) is 7.27. The first kappa shape index (κ1) is 25.3. The lowest BCUT2D eigenvalue weighted by atomic mass is 10.2. The van der Waals surface area contributed by atoms with Gasteiger partial charge in [-0.25, -0.2) is 9.79 Å². The third-order valence-corrected chi connectivity index (χ3v) is 7.26. The highest BCUT2D eigenvalue weighted by Gasteiger charge is 2.30. The largest absolute Gasteiger partial charge is 0.488 e. The minimum absolute atomic E-state index is 0.173. The maximum Gasteiger partial charge on any atom is 0.335 e. The molecule has 0 unspecified atom stereocenters. The van der Waals surface area contributed by atoms with Crippen LogP contribution in [0.4, 0.5) is 5.69 Å². The fourth-order valence-electron chi connectivity index (χ4n) is 3.11. The summed E-state index contributed by atoms with van der Waals surface area (Å²) >= 11 is 16.9. The zero-order valence-electron chi connectivity index (χ0n) is 18.2. The van der Waals surface area contributed by atoms with Gasteiger partial charge in [-0.3, -0.25) is 9.69 Å². The molecular formula is C25H17BrCl2N2O4S. The van der Waals surface area contributed by atoms with Crippen molar-refractivity contribution in [1.82, 2.24) is 4.90 Å². The number of carboxylic acid groups (broad SMARTS) is 1. The third-order valence-electron chi connectivity index (χ3n) is 4.99. The van der Waals surface area contributed by atoms with Crippen molar-refractivity contribution < 1.29 is 19.4 Å². The van der Waals surface area contributed by atoms with Crippen molar-refractivity contribution in [2.24, 2.45) is 4.99 Å². The van der Waals surface area contributed by atoms with Crippen LogP contribution in [0.5, 0.6) is 5.75 Å². The lowest BCUT2D eigenvalue weighted by molar-refractivity contribution is -0.121. The predicted molar refractivity (Wildman–Crippen MR) is 144 cm³/mol. The van der Waals surface area contributed by atoms with Crippen LogP contribution in [-0.4, -0.2) is 34.1 Å². The highest BCUT2D eigenvalue weighted by atomic mass is 79.9. The Morgan fingerprint density at radius 3 is 2.54 bits per heavy atom. The molecule has 3 aromatic rings. The van der Waals surface area contributed by atoms with Crippen molar-refractivity contribution in [3.05, 3.63) is 96.8 Å². The molecule has 0 atom stereocenters. The van der Waals surface area contributed by atoms with Crippen LogP contribution in [0.1, 0.15) is 21.5 Å². The number of ether oxygens (including phenoxy) is 1. The summed E-state index contributed by atoms with van der Waals surface area (Å²) < 4.78 is 6.61. The van der Waals surface area contributed by atoms with Gasteiger partial charge in [-0.1, -0.05) is 35.3 Å². The molecule has 6 nitrogen and oxygen atoms in total. The number of benzene rings is 3. The topological polar surface area (TPSA) is 79.2 Å². The van der Waals surface area contributed by atoms with Gasteiger partial charge in [-0.2, -0.15) is 0 Å². The number of amidine groups is 1. The SMILES string of the molecule is CN1C(=O)C(=Cc2ccc(OCc3ccc(Cl)cc3Cl)c(Br)c2)SC1=Nc1ccc(C(=O)O)cc1. The second-order valence-electron chi connectivity index (χ2n) is 7.44. The highest BCUT2D eigenvalue weighted by molar-refractivity contribution is 9.10. The van der Waals surface area contributed by atoms with E-state index in [1.807, 2.05) is 24.3 Å². The average molecular weight is 592 g/mol. The van der Waals surface area contributed by atoms with E-state index >= 15 is 0 Å². The molecule has 1 heterocycles. The first-order chi connectivity index (χ1) is 16.7. The minimum Gasteiger partial charge on any atom is -0.488 e. The van der Waals surface area contributed by atoms with Gasteiger partial charge in [0.25, 0.3) is 5.91 Å². The summed E-state index contributed by atoms with van der Waals surface area (Å²) in [5, 5.41) is 10.6. The van der Waals surface area contributed by atoms with Crippen molar-refractivity contribution in [2.75, 3.05) is 7.05 Å². The van der Waals surface area contributed by atoms with E-state index in [2.05, 4.69) is 20.9 Å². The molecule has 1 aliphatic heterocycles. The van der Waals surface area contributed by atoms with Crippen LogP contribution in [0.15, 0.2) is 75.0 Å². The van der Waals surface area contributed by atoms with Crippen LogP contribution < -0.4 is 4.74 Å². The van der Waals surface area contributed by atoms with Crippen molar-refractivity contribution in [1.29, 1.82) is 0 Å². The summed E-state index contributed by atoms with van der Waals surface area (Å²) in [6.45, 7) is 0.279. The maximum atomic E-state index is 12.7. The van der Waals surface area contributed by atoms with Gasteiger partial charge in [-0.05, 0) is 87.9 Å². The van der Waals surface area contributed by atoms with E-state index in [0.717, 1.165) is 15.6 Å². The first-order valence-electron chi connectivity index (χ1n) is 10.2. The number of carbonyl (C=O) groups is 2. The Morgan fingerprint density at radius 2 is 1.89 bits per heavy atom. The zero-order chi connectivity index (χ0) is 25.1. The summed E-state index contributed by atoms with van der Waals surface area (Å²) in [6.07, 6.45) is 1.78. The molecule has 1 fully saturated rings. The molecule has 178 valence electrons. The van der Waals surface area contributed by atoms with E-state index in [4.69, 9.17) is 33.0 Å². The molecule has 3 aromatic carbocycles. The molecule has 0 saturated carbocycles. The van der Waals surface area contributed by atoms with Gasteiger partial charge < -0.3 is 9.84 Å². The quantitative estimate of drug-likeness (QED) is 0.305. The summed E-state index contributed by atoms with van der Waals surface area (Å²) in [6, 6.07) is 16.9. The van der Waals surface area contributed by atoms with E-state index in [0.29, 0.717) is 31.6 Å². The van der Waals surface area contributed by atoms with E-state index in [-0.39, 0.29) is 18.1 Å². The summed E-state index contributed by atoms with van der Waals surface area (Å²) in [5.41, 5.74) is 2.36. The Labute approximate surface area is 224 Å². The molecule has 4 rings (SSSR count). The number of carboxylic acids is 1. The molecule has 35 heavy (non-hydrogen) atoms. The summed E-state index contributed by atoms with van der Waals surface area (Å²) in [5.74, 6) is -0.550. The van der Waals surface area contributed by atoms with E-state index in [1.165, 1.54) is 28.8 Å². The molecule has 1 aliphatic rings. The van der Waals surface area contributed by atoms with Gasteiger partial charge in [-0.15, -0.1) is 0 Å². The number of aliphatic imine (C=N–C) groups is 1. The summed E-state index contributed by atoms with van der Waals surface area (Å²) in [4.78, 5) is 30.2. The lowest BCUT2D eigenvalue weighted by Gasteiger charge is -2.10. The first-order valence-corrected chi connectivity index (χ1v) is 12.5. The number of hydrogen-bond acceptors (Lipinski definition) is 5. The van der Waals surface area contributed by atoms with E-state index in [9.17, 15) is 9.59 Å². The molecule has 10 heteroatoms. The fraction of sp³-hybridized carbons (Fsp3) is 0.0800. The Morgan fingerprint density at radius 1 is 1.14 bits per heavy atom. The van der Waals surface area contributed by atoms with Crippen LogP contribution in [0.3, 0.4) is 0 Å². The lowest BCUT2D eigenvalue weighted by Crippen LogP contribution is -2.23. The van der Waals surface area contributed by atoms with Crippen LogP contribution in [-0.2, 0) is 11.4 Å².